The van der Waals surface area contributed by atoms with Gasteiger partial charge in [0, 0.05) is 0 Å². The van der Waals surface area contributed by atoms with Gasteiger partial charge >= 0.3 is 0 Å². The highest BCUT2D eigenvalue weighted by Crippen LogP contribution is 2.37. The zero-order valence-corrected chi connectivity index (χ0v) is 17.2. The molecule has 0 radical (unpaired) electrons. The van der Waals surface area contributed by atoms with E-state index in [9.17, 15) is 0 Å². The summed E-state index contributed by atoms with van der Waals surface area (Å²) in [6.07, 6.45) is 2.19. The van der Waals surface area contributed by atoms with Crippen molar-refractivity contribution in [3.05, 3.63) is 72.8 Å². The number of ether oxygens (including phenoxy) is 1. The standard InChI is InChI=1S/C23H30O2Si/c1-19-15-16-20(24-17-19)18-25-26(23(2,3)4,21-11-7-5-8-12-21)22-13-9-6-10-14-22/h5-14,20H,1,15-18H2,2-4H3/t20-/m0/s1. The van der Waals surface area contributed by atoms with Gasteiger partial charge in [-0.25, -0.2) is 0 Å². The van der Waals surface area contributed by atoms with E-state index in [0.717, 1.165) is 12.8 Å². The first-order valence-corrected chi connectivity index (χ1v) is 11.4. The van der Waals surface area contributed by atoms with Gasteiger partial charge in [0.25, 0.3) is 8.32 Å². The highest BCUT2D eigenvalue weighted by molar-refractivity contribution is 6.99. The van der Waals surface area contributed by atoms with Crippen LogP contribution >= 0.6 is 0 Å². The quantitative estimate of drug-likeness (QED) is 0.580. The molecule has 3 heteroatoms. The number of hydrogen-bond donors (Lipinski definition) is 0. The van der Waals surface area contributed by atoms with Crippen molar-refractivity contribution in [3.8, 4) is 0 Å². The van der Waals surface area contributed by atoms with Gasteiger partial charge in [0.15, 0.2) is 0 Å². The molecule has 1 atom stereocenters. The van der Waals surface area contributed by atoms with E-state index in [1.165, 1.54) is 15.9 Å². The SMILES string of the molecule is C=C1CC[C@@H](CO[Si](c2ccccc2)(c2ccccc2)C(C)(C)C)OC1. The van der Waals surface area contributed by atoms with Crippen LogP contribution in [-0.2, 0) is 9.16 Å². The monoisotopic (exact) mass is 366 g/mol. The Kier molecular flexibility index (Phi) is 5.81. The van der Waals surface area contributed by atoms with Gasteiger partial charge in [0.2, 0.25) is 0 Å². The maximum Gasteiger partial charge on any atom is 0.261 e. The van der Waals surface area contributed by atoms with E-state index in [4.69, 9.17) is 9.16 Å². The van der Waals surface area contributed by atoms with Crippen molar-refractivity contribution in [3.63, 3.8) is 0 Å². The minimum Gasteiger partial charge on any atom is -0.405 e. The Morgan fingerprint density at radius 3 is 1.96 bits per heavy atom. The molecule has 0 bridgehead atoms. The van der Waals surface area contributed by atoms with Gasteiger partial charge in [-0.2, -0.15) is 0 Å². The van der Waals surface area contributed by atoms with Crippen LogP contribution in [0.1, 0.15) is 33.6 Å². The highest BCUT2D eigenvalue weighted by Gasteiger charge is 2.50. The van der Waals surface area contributed by atoms with Crippen LogP contribution in [0.2, 0.25) is 5.04 Å². The molecule has 0 N–H and O–H groups in total. The fourth-order valence-electron chi connectivity index (χ4n) is 3.87. The summed E-state index contributed by atoms with van der Waals surface area (Å²) < 4.78 is 12.9. The third kappa shape index (κ3) is 3.85. The van der Waals surface area contributed by atoms with E-state index in [-0.39, 0.29) is 11.1 Å². The molecule has 26 heavy (non-hydrogen) atoms. The zero-order valence-electron chi connectivity index (χ0n) is 16.2. The average Bonchev–Trinajstić information content (AvgIpc) is 2.64. The average molecular weight is 367 g/mol. The molecule has 138 valence electrons. The van der Waals surface area contributed by atoms with Crippen molar-refractivity contribution < 1.29 is 9.16 Å². The lowest BCUT2D eigenvalue weighted by atomic mass is 10.1. The minimum atomic E-state index is -2.45. The summed E-state index contributed by atoms with van der Waals surface area (Å²) >= 11 is 0. The molecule has 2 aromatic rings. The van der Waals surface area contributed by atoms with Crippen LogP contribution in [0.4, 0.5) is 0 Å². The molecule has 0 unspecified atom stereocenters. The second-order valence-electron chi connectivity index (χ2n) is 8.20. The fraction of sp³-hybridized carbons (Fsp3) is 0.391. The molecular formula is C23H30O2Si. The first kappa shape index (κ1) is 19.1. The minimum absolute atomic E-state index is 0.00791. The molecule has 2 nitrogen and oxygen atoms in total. The molecule has 0 aromatic heterocycles. The van der Waals surface area contributed by atoms with E-state index in [1.807, 2.05) is 0 Å². The predicted molar refractivity (Wildman–Crippen MR) is 112 cm³/mol. The Labute approximate surface area is 159 Å². The van der Waals surface area contributed by atoms with Gasteiger partial charge in [0.05, 0.1) is 19.3 Å². The van der Waals surface area contributed by atoms with Crippen molar-refractivity contribution in [2.24, 2.45) is 0 Å². The summed E-state index contributed by atoms with van der Waals surface area (Å²) in [6, 6.07) is 21.6. The van der Waals surface area contributed by atoms with Crippen molar-refractivity contribution in [2.75, 3.05) is 13.2 Å². The lowest BCUT2D eigenvalue weighted by Gasteiger charge is -2.44. The number of benzene rings is 2. The molecule has 1 fully saturated rings. The number of hydrogen-bond acceptors (Lipinski definition) is 2. The summed E-state index contributed by atoms with van der Waals surface area (Å²) in [4.78, 5) is 0. The van der Waals surface area contributed by atoms with E-state index in [1.54, 1.807) is 0 Å². The lowest BCUT2D eigenvalue weighted by Crippen LogP contribution is -2.67. The maximum absolute atomic E-state index is 6.93. The molecule has 1 saturated heterocycles. The highest BCUT2D eigenvalue weighted by atomic mass is 28.4. The Morgan fingerprint density at radius 1 is 1.00 bits per heavy atom. The molecule has 1 aliphatic rings. The van der Waals surface area contributed by atoms with Gasteiger partial charge in [-0.1, -0.05) is 93.6 Å². The Hall–Kier alpha value is -1.68. The Balaban J connectivity index is 1.99. The normalized spacial score (nSPS) is 18.7. The lowest BCUT2D eigenvalue weighted by molar-refractivity contribution is 0.00821. The Bertz CT molecular complexity index is 669. The largest absolute Gasteiger partial charge is 0.405 e. The molecule has 1 aliphatic heterocycles. The first-order valence-electron chi connectivity index (χ1n) is 9.47. The third-order valence-corrected chi connectivity index (χ3v) is 10.3. The van der Waals surface area contributed by atoms with Crippen molar-refractivity contribution in [1.82, 2.24) is 0 Å². The zero-order chi connectivity index (χ0) is 18.6. The second kappa shape index (κ2) is 7.91. The van der Waals surface area contributed by atoms with Gasteiger partial charge in [-0.3, -0.25) is 0 Å². The third-order valence-electron chi connectivity index (χ3n) is 5.25. The summed E-state index contributed by atoms with van der Waals surface area (Å²) in [6.45, 7) is 12.3. The smallest absolute Gasteiger partial charge is 0.261 e. The van der Waals surface area contributed by atoms with Gasteiger partial charge in [-0.05, 0) is 28.3 Å². The maximum atomic E-state index is 6.93. The van der Waals surface area contributed by atoms with Crippen LogP contribution in [0.15, 0.2) is 72.8 Å². The molecule has 2 aromatic carbocycles. The molecule has 0 spiro atoms. The molecular weight excluding hydrogens is 336 g/mol. The topological polar surface area (TPSA) is 18.5 Å². The van der Waals surface area contributed by atoms with Crippen LogP contribution in [0.5, 0.6) is 0 Å². The van der Waals surface area contributed by atoms with Gasteiger partial charge < -0.3 is 9.16 Å². The van der Waals surface area contributed by atoms with Crippen LogP contribution in [-0.4, -0.2) is 27.6 Å². The summed E-state index contributed by atoms with van der Waals surface area (Å²) in [5.74, 6) is 0. The van der Waals surface area contributed by atoms with E-state index in [0.29, 0.717) is 13.2 Å². The molecule has 0 amide bonds. The molecule has 0 saturated carbocycles. The van der Waals surface area contributed by atoms with Crippen molar-refractivity contribution >= 4 is 18.7 Å². The van der Waals surface area contributed by atoms with Crippen LogP contribution in [0, 0.1) is 0 Å². The molecule has 0 aliphatic carbocycles. The van der Waals surface area contributed by atoms with Crippen LogP contribution < -0.4 is 10.4 Å². The van der Waals surface area contributed by atoms with Crippen molar-refractivity contribution in [2.45, 2.75) is 44.8 Å². The summed E-state index contributed by atoms with van der Waals surface area (Å²) in [5, 5.41) is 2.64. The van der Waals surface area contributed by atoms with Crippen molar-refractivity contribution in [1.29, 1.82) is 0 Å². The predicted octanol–water partition coefficient (Wildman–Crippen LogP) is 4.30. The molecule has 1 heterocycles. The fourth-order valence-corrected chi connectivity index (χ4v) is 8.46. The van der Waals surface area contributed by atoms with Crippen LogP contribution in [0.25, 0.3) is 0 Å². The summed E-state index contributed by atoms with van der Waals surface area (Å²) in [7, 11) is -2.45. The van der Waals surface area contributed by atoms with Gasteiger partial charge in [0.1, 0.15) is 0 Å². The molecule has 3 rings (SSSR count). The van der Waals surface area contributed by atoms with E-state index in [2.05, 4.69) is 88.0 Å². The van der Waals surface area contributed by atoms with E-state index >= 15 is 0 Å². The Morgan fingerprint density at radius 2 is 1.54 bits per heavy atom. The van der Waals surface area contributed by atoms with E-state index < -0.39 is 8.32 Å². The second-order valence-corrected chi connectivity index (χ2v) is 12.5. The first-order chi connectivity index (χ1) is 12.4. The summed E-state index contributed by atoms with van der Waals surface area (Å²) in [5.41, 5.74) is 1.19. The van der Waals surface area contributed by atoms with Gasteiger partial charge in [-0.15, -0.1) is 0 Å². The van der Waals surface area contributed by atoms with Crippen LogP contribution in [0.3, 0.4) is 0 Å². The number of rotatable bonds is 5.